The summed E-state index contributed by atoms with van der Waals surface area (Å²) in [4.78, 5) is 50.6. The zero-order chi connectivity index (χ0) is 32.5. The van der Waals surface area contributed by atoms with E-state index in [0.29, 0.717) is 53.4 Å². The third-order valence-electron chi connectivity index (χ3n) is 9.99. The van der Waals surface area contributed by atoms with Gasteiger partial charge in [-0.25, -0.2) is 14.6 Å². The molecule has 3 atom stereocenters. The van der Waals surface area contributed by atoms with Gasteiger partial charge < -0.3 is 25.1 Å². The largest absolute Gasteiger partial charge is 0.477 e. The summed E-state index contributed by atoms with van der Waals surface area (Å²) in [5.74, 6) is -1.00. The summed E-state index contributed by atoms with van der Waals surface area (Å²) >= 11 is 7.43. The topological polar surface area (TPSA) is 106 Å². The Morgan fingerprint density at radius 3 is 2.56 bits per heavy atom. The molecule has 1 aliphatic carbocycles. The minimum Gasteiger partial charge on any atom is -0.477 e. The lowest BCUT2D eigenvalue weighted by molar-refractivity contribution is -0.118. The van der Waals surface area contributed by atoms with Crippen LogP contribution in [0.1, 0.15) is 81.3 Å². The molecule has 11 heteroatoms. The Labute approximate surface area is 275 Å². The molecule has 244 valence electrons. The van der Waals surface area contributed by atoms with Crippen LogP contribution in [0.5, 0.6) is 0 Å². The lowest BCUT2D eigenvalue weighted by Gasteiger charge is -2.45. The van der Waals surface area contributed by atoms with E-state index in [1.54, 1.807) is 6.07 Å². The molecule has 4 heterocycles. The minimum atomic E-state index is -0.936. The van der Waals surface area contributed by atoms with E-state index in [9.17, 15) is 19.5 Å². The van der Waals surface area contributed by atoms with E-state index in [4.69, 9.17) is 11.6 Å². The SMILES string of the molecule is CC1=C(C(=O)NCCC(C)N2CCC(N3C(=O)N(Cc4ccc(C(=O)O)s4)C[C@H]3C3(C)C=CC=CC3)CC2)C(C)(C)CC(Cl)=N1. The van der Waals surface area contributed by atoms with Crippen molar-refractivity contribution in [2.24, 2.45) is 15.8 Å². The second-order valence-electron chi connectivity index (χ2n) is 13.8. The number of thiophene rings is 1. The van der Waals surface area contributed by atoms with Gasteiger partial charge in [-0.15, -0.1) is 11.3 Å². The van der Waals surface area contributed by atoms with Gasteiger partial charge in [0.05, 0.1) is 12.6 Å². The first-order valence-electron chi connectivity index (χ1n) is 16.0. The number of hydrogen-bond acceptors (Lipinski definition) is 6. The van der Waals surface area contributed by atoms with Crippen LogP contribution in [0.2, 0.25) is 0 Å². The van der Waals surface area contributed by atoms with Crippen molar-refractivity contribution in [3.8, 4) is 0 Å². The van der Waals surface area contributed by atoms with Gasteiger partial charge in [-0.05, 0) is 51.7 Å². The van der Waals surface area contributed by atoms with E-state index in [1.165, 1.54) is 11.3 Å². The van der Waals surface area contributed by atoms with Gasteiger partial charge in [-0.3, -0.25) is 4.79 Å². The monoisotopic (exact) mass is 655 g/mol. The van der Waals surface area contributed by atoms with Gasteiger partial charge in [0.2, 0.25) is 5.91 Å². The number of carbonyl (C=O) groups excluding carboxylic acids is 2. The molecule has 0 bridgehead atoms. The first-order chi connectivity index (χ1) is 21.3. The zero-order valence-corrected chi connectivity index (χ0v) is 28.6. The fourth-order valence-corrected chi connectivity index (χ4v) is 8.78. The molecule has 2 saturated heterocycles. The van der Waals surface area contributed by atoms with E-state index in [2.05, 4.69) is 58.3 Å². The Hall–Kier alpha value is -2.95. The lowest BCUT2D eigenvalue weighted by Crippen LogP contribution is -2.54. The molecule has 1 aromatic heterocycles. The fourth-order valence-electron chi connectivity index (χ4n) is 7.46. The van der Waals surface area contributed by atoms with Crippen LogP contribution < -0.4 is 5.32 Å². The maximum absolute atomic E-state index is 14.0. The van der Waals surface area contributed by atoms with Gasteiger partial charge in [0.25, 0.3) is 0 Å². The fraction of sp³-hybridized carbons (Fsp3) is 0.588. The molecule has 2 fully saturated rings. The first kappa shape index (κ1) is 33.4. The number of nitrogens with zero attached hydrogens (tertiary/aromatic N) is 4. The van der Waals surface area contributed by atoms with Crippen LogP contribution in [-0.2, 0) is 11.3 Å². The third kappa shape index (κ3) is 7.23. The van der Waals surface area contributed by atoms with Gasteiger partial charge in [0.15, 0.2) is 0 Å². The van der Waals surface area contributed by atoms with Gasteiger partial charge in [0, 0.05) is 71.7 Å². The number of carbonyl (C=O) groups is 3. The van der Waals surface area contributed by atoms with Gasteiger partial charge in [0.1, 0.15) is 10.0 Å². The van der Waals surface area contributed by atoms with Crippen molar-refractivity contribution < 1.29 is 19.5 Å². The number of aromatic carboxylic acids is 1. The van der Waals surface area contributed by atoms with E-state index in [0.717, 1.165) is 43.6 Å². The molecule has 3 aliphatic heterocycles. The molecule has 5 rings (SSSR count). The number of amides is 3. The standard InChI is InChI=1S/C34H46ClN5O4S/c1-22(11-16-36-30(41)29-23(2)37-28(35)19-33(29,3)4)38-17-12-24(13-18-38)40-27(34(5)14-7-6-8-15-34)21-39(32(40)44)20-25-9-10-26(45-25)31(42)43/h6-10,14,22,24,27H,11-13,15-21H2,1-5H3,(H,36,41)(H,42,43)/t22?,27-,34?/m0/s1. The third-order valence-corrected chi connectivity index (χ3v) is 11.3. The van der Waals surface area contributed by atoms with Crippen molar-refractivity contribution in [3.63, 3.8) is 0 Å². The van der Waals surface area contributed by atoms with Crippen molar-refractivity contribution >= 4 is 46.0 Å². The van der Waals surface area contributed by atoms with Crippen molar-refractivity contribution in [3.05, 3.63) is 57.5 Å². The number of carboxylic acid groups (broad SMARTS) is 1. The Balaban J connectivity index is 1.19. The maximum atomic E-state index is 14.0. The second kappa shape index (κ2) is 13.4. The summed E-state index contributed by atoms with van der Waals surface area (Å²) in [6.45, 7) is 13.8. The number of carboxylic acids is 1. The van der Waals surface area contributed by atoms with Gasteiger partial charge in [-0.2, -0.15) is 0 Å². The molecular weight excluding hydrogens is 610 g/mol. The number of allylic oxidation sites excluding steroid dienone is 4. The molecule has 0 aromatic carbocycles. The quantitative estimate of drug-likeness (QED) is 0.309. The van der Waals surface area contributed by atoms with Crippen LogP contribution in [0.25, 0.3) is 0 Å². The number of likely N-dealkylation sites (tertiary alicyclic amines) is 1. The summed E-state index contributed by atoms with van der Waals surface area (Å²) in [6, 6.07) is 3.96. The van der Waals surface area contributed by atoms with E-state index in [1.807, 2.05) is 31.7 Å². The number of halogens is 1. The molecule has 0 saturated carbocycles. The molecule has 2 unspecified atom stereocenters. The summed E-state index contributed by atoms with van der Waals surface area (Å²) in [6.07, 6.45) is 12.6. The van der Waals surface area contributed by atoms with Crippen molar-refractivity contribution in [1.29, 1.82) is 0 Å². The van der Waals surface area contributed by atoms with Crippen molar-refractivity contribution in [1.82, 2.24) is 20.0 Å². The maximum Gasteiger partial charge on any atom is 0.345 e. The van der Waals surface area contributed by atoms with Crippen molar-refractivity contribution in [2.75, 3.05) is 26.2 Å². The molecule has 2 N–H and O–H groups in total. The van der Waals surface area contributed by atoms with Crippen LogP contribution in [0.4, 0.5) is 4.79 Å². The highest BCUT2D eigenvalue weighted by Crippen LogP contribution is 2.41. The average molecular weight is 656 g/mol. The molecule has 4 aliphatic rings. The number of hydrogen-bond donors (Lipinski definition) is 2. The summed E-state index contributed by atoms with van der Waals surface area (Å²) in [5, 5.41) is 13.0. The van der Waals surface area contributed by atoms with E-state index < -0.39 is 5.97 Å². The van der Waals surface area contributed by atoms with Crippen LogP contribution in [0, 0.1) is 10.8 Å². The number of nitrogens with one attached hydrogen (secondary N) is 1. The summed E-state index contributed by atoms with van der Waals surface area (Å²) in [7, 11) is 0. The van der Waals surface area contributed by atoms with Crippen LogP contribution in [-0.4, -0.2) is 87.2 Å². The lowest BCUT2D eigenvalue weighted by atomic mass is 9.76. The van der Waals surface area contributed by atoms with E-state index >= 15 is 0 Å². The Morgan fingerprint density at radius 1 is 1.20 bits per heavy atom. The molecule has 0 radical (unpaired) electrons. The molecule has 9 nitrogen and oxygen atoms in total. The highest BCUT2D eigenvalue weighted by molar-refractivity contribution is 7.13. The highest BCUT2D eigenvalue weighted by atomic mass is 35.5. The normalized spacial score (nSPS) is 26.4. The van der Waals surface area contributed by atoms with Gasteiger partial charge in [-0.1, -0.05) is 56.7 Å². The summed E-state index contributed by atoms with van der Waals surface area (Å²) < 4.78 is 0. The molecule has 3 amide bonds. The average Bonchev–Trinajstić information content (AvgIpc) is 3.58. The van der Waals surface area contributed by atoms with Crippen molar-refractivity contribution in [2.45, 2.75) is 91.4 Å². The molecule has 1 aromatic rings. The van der Waals surface area contributed by atoms with E-state index in [-0.39, 0.29) is 34.9 Å². The number of aliphatic imine (C=N–C) groups is 1. The minimum absolute atomic E-state index is 0.0373. The Morgan fingerprint density at radius 2 is 1.93 bits per heavy atom. The number of urea groups is 1. The number of rotatable bonds is 10. The first-order valence-corrected chi connectivity index (χ1v) is 17.2. The molecular formula is C34H46ClN5O4S. The second-order valence-corrected chi connectivity index (χ2v) is 15.4. The Bertz CT molecular complexity index is 1440. The zero-order valence-electron chi connectivity index (χ0n) is 27.0. The molecule has 0 spiro atoms. The molecule has 45 heavy (non-hydrogen) atoms. The Kier molecular flexibility index (Phi) is 9.96. The predicted molar refractivity (Wildman–Crippen MR) is 180 cm³/mol. The number of piperidine rings is 1. The smallest absolute Gasteiger partial charge is 0.345 e. The predicted octanol–water partition coefficient (Wildman–Crippen LogP) is 6.28. The van der Waals surface area contributed by atoms with Crippen LogP contribution in [0.3, 0.4) is 0 Å². The summed E-state index contributed by atoms with van der Waals surface area (Å²) in [5.41, 5.74) is 0.872. The van der Waals surface area contributed by atoms with Crippen LogP contribution >= 0.6 is 22.9 Å². The van der Waals surface area contributed by atoms with Crippen LogP contribution in [0.15, 0.2) is 52.7 Å². The highest BCUT2D eigenvalue weighted by Gasteiger charge is 2.49. The van der Waals surface area contributed by atoms with Gasteiger partial charge >= 0.3 is 12.0 Å².